The van der Waals surface area contributed by atoms with Crippen LogP contribution in [0.5, 0.6) is 0 Å². The quantitative estimate of drug-likeness (QED) is 0.315. The molecule has 2 aliphatic carbocycles. The summed E-state index contributed by atoms with van der Waals surface area (Å²) in [5, 5.41) is 15.3. The van der Waals surface area contributed by atoms with E-state index in [0.717, 1.165) is 51.4 Å². The Morgan fingerprint density at radius 1 is 1.21 bits per heavy atom. The topological polar surface area (TPSA) is 87.7 Å². The van der Waals surface area contributed by atoms with Gasteiger partial charge in [-0.3, -0.25) is 4.79 Å². The maximum absolute atomic E-state index is 12.1. The zero-order chi connectivity index (χ0) is 13.7. The van der Waals surface area contributed by atoms with Crippen molar-refractivity contribution in [2.45, 2.75) is 69.7 Å². The standard InChI is InChI=1S/C14H25N3O2/c15-13(17-19)14(8-4-2-1-3-5-9-14)16-12(18)10-11-6-7-11/h11,19H,1-10H2,(H2,15,17)(H,16,18). The van der Waals surface area contributed by atoms with Gasteiger partial charge in [0.25, 0.3) is 0 Å². The van der Waals surface area contributed by atoms with E-state index in [1.54, 1.807) is 0 Å². The molecule has 2 rings (SSSR count). The first kappa shape index (κ1) is 14.2. The molecule has 0 radical (unpaired) electrons. The lowest BCUT2D eigenvalue weighted by atomic mass is 9.82. The van der Waals surface area contributed by atoms with Crippen LogP contribution in [-0.4, -0.2) is 22.5 Å². The molecule has 108 valence electrons. The lowest BCUT2D eigenvalue weighted by Gasteiger charge is -2.35. The fourth-order valence-electron chi connectivity index (χ4n) is 2.95. The number of hydrogen-bond donors (Lipinski definition) is 3. The van der Waals surface area contributed by atoms with Crippen LogP contribution in [0.25, 0.3) is 0 Å². The van der Waals surface area contributed by atoms with Crippen LogP contribution in [0.4, 0.5) is 0 Å². The van der Waals surface area contributed by atoms with Crippen molar-refractivity contribution in [3.63, 3.8) is 0 Å². The van der Waals surface area contributed by atoms with Gasteiger partial charge in [-0.25, -0.2) is 0 Å². The lowest BCUT2D eigenvalue weighted by molar-refractivity contribution is -0.122. The van der Waals surface area contributed by atoms with E-state index in [9.17, 15) is 4.79 Å². The van der Waals surface area contributed by atoms with E-state index in [4.69, 9.17) is 10.9 Å². The highest BCUT2D eigenvalue weighted by Gasteiger charge is 2.37. The Kier molecular flexibility index (Phi) is 4.66. The fraction of sp³-hybridized carbons (Fsp3) is 0.857. The minimum Gasteiger partial charge on any atom is -0.409 e. The summed E-state index contributed by atoms with van der Waals surface area (Å²) >= 11 is 0. The van der Waals surface area contributed by atoms with Crippen molar-refractivity contribution in [1.82, 2.24) is 5.32 Å². The predicted molar refractivity (Wildman–Crippen MR) is 73.9 cm³/mol. The number of amidine groups is 1. The number of oxime groups is 1. The Bertz CT molecular complexity index is 343. The minimum atomic E-state index is -0.624. The first-order valence-corrected chi connectivity index (χ1v) is 7.45. The largest absolute Gasteiger partial charge is 0.409 e. The first-order chi connectivity index (χ1) is 9.16. The van der Waals surface area contributed by atoms with Gasteiger partial charge in [0.15, 0.2) is 5.84 Å². The van der Waals surface area contributed by atoms with Crippen LogP contribution in [0.1, 0.15) is 64.2 Å². The van der Waals surface area contributed by atoms with E-state index in [2.05, 4.69) is 10.5 Å². The molecule has 5 heteroatoms. The Balaban J connectivity index is 2.04. The van der Waals surface area contributed by atoms with Crippen LogP contribution >= 0.6 is 0 Å². The monoisotopic (exact) mass is 267 g/mol. The number of carbonyl (C=O) groups excluding carboxylic acids is 1. The van der Waals surface area contributed by atoms with Crippen LogP contribution in [0.2, 0.25) is 0 Å². The molecule has 0 saturated heterocycles. The molecule has 2 fully saturated rings. The van der Waals surface area contributed by atoms with Gasteiger partial charge < -0.3 is 16.3 Å². The average Bonchev–Trinajstić information content (AvgIpc) is 3.15. The molecule has 5 nitrogen and oxygen atoms in total. The van der Waals surface area contributed by atoms with E-state index in [1.165, 1.54) is 6.42 Å². The summed E-state index contributed by atoms with van der Waals surface area (Å²) in [4.78, 5) is 12.1. The molecule has 19 heavy (non-hydrogen) atoms. The van der Waals surface area contributed by atoms with Gasteiger partial charge in [0.1, 0.15) is 5.54 Å². The summed E-state index contributed by atoms with van der Waals surface area (Å²) in [5.74, 6) is 0.770. The van der Waals surface area contributed by atoms with Crippen LogP contribution < -0.4 is 11.1 Å². The van der Waals surface area contributed by atoms with Gasteiger partial charge in [-0.2, -0.15) is 0 Å². The van der Waals surface area contributed by atoms with Crippen molar-refractivity contribution in [2.24, 2.45) is 16.8 Å². The highest BCUT2D eigenvalue weighted by atomic mass is 16.4. The molecular formula is C14H25N3O2. The van der Waals surface area contributed by atoms with Gasteiger partial charge in [-0.1, -0.05) is 37.3 Å². The van der Waals surface area contributed by atoms with E-state index in [1.807, 2.05) is 0 Å². The average molecular weight is 267 g/mol. The fourth-order valence-corrected chi connectivity index (χ4v) is 2.95. The van der Waals surface area contributed by atoms with Crippen molar-refractivity contribution < 1.29 is 10.0 Å². The Morgan fingerprint density at radius 3 is 2.32 bits per heavy atom. The third-order valence-electron chi connectivity index (χ3n) is 4.35. The minimum absolute atomic E-state index is 0.0506. The van der Waals surface area contributed by atoms with Crippen LogP contribution in [0.15, 0.2) is 5.16 Å². The normalized spacial score (nSPS) is 24.3. The summed E-state index contributed by atoms with van der Waals surface area (Å²) in [6.07, 6.45) is 10.0. The van der Waals surface area contributed by atoms with Gasteiger partial charge >= 0.3 is 0 Å². The Hall–Kier alpha value is -1.26. The zero-order valence-corrected chi connectivity index (χ0v) is 11.5. The molecule has 0 aromatic carbocycles. The highest BCUT2D eigenvalue weighted by Crippen LogP contribution is 2.33. The van der Waals surface area contributed by atoms with Gasteiger partial charge in [0.05, 0.1) is 0 Å². The number of nitrogens with one attached hydrogen (secondary N) is 1. The van der Waals surface area contributed by atoms with Gasteiger partial charge in [0.2, 0.25) is 5.91 Å². The third kappa shape index (κ3) is 3.85. The number of nitrogens with two attached hydrogens (primary N) is 1. The van der Waals surface area contributed by atoms with E-state index in [0.29, 0.717) is 12.3 Å². The molecule has 0 aromatic heterocycles. The van der Waals surface area contributed by atoms with Crippen LogP contribution in [-0.2, 0) is 4.79 Å². The van der Waals surface area contributed by atoms with Crippen molar-refractivity contribution in [1.29, 1.82) is 0 Å². The van der Waals surface area contributed by atoms with Crippen molar-refractivity contribution >= 4 is 11.7 Å². The molecule has 0 heterocycles. The molecule has 0 bridgehead atoms. The summed E-state index contributed by atoms with van der Waals surface area (Å²) < 4.78 is 0. The SMILES string of the molecule is NC(=NO)C1(NC(=O)CC2CC2)CCCCCCC1. The molecular weight excluding hydrogens is 242 g/mol. The molecule has 0 spiro atoms. The summed E-state index contributed by atoms with van der Waals surface area (Å²) in [6.45, 7) is 0. The van der Waals surface area contributed by atoms with Crippen LogP contribution in [0, 0.1) is 5.92 Å². The zero-order valence-electron chi connectivity index (χ0n) is 11.5. The lowest BCUT2D eigenvalue weighted by Crippen LogP contribution is -2.57. The van der Waals surface area contributed by atoms with Gasteiger partial charge in [-0.05, 0) is 31.6 Å². The molecule has 0 unspecified atom stereocenters. The second-order valence-electron chi connectivity index (χ2n) is 6.03. The molecule has 0 aliphatic heterocycles. The summed E-state index contributed by atoms with van der Waals surface area (Å²) in [7, 11) is 0. The van der Waals surface area contributed by atoms with Gasteiger partial charge in [0, 0.05) is 6.42 Å². The number of rotatable bonds is 4. The predicted octanol–water partition coefficient (Wildman–Crippen LogP) is 2.13. The number of nitrogens with zero attached hydrogens (tertiary/aromatic N) is 1. The second kappa shape index (κ2) is 6.26. The molecule has 1 amide bonds. The van der Waals surface area contributed by atoms with Gasteiger partial charge in [-0.15, -0.1) is 0 Å². The molecule has 4 N–H and O–H groups in total. The summed E-state index contributed by atoms with van der Waals surface area (Å²) in [6, 6.07) is 0. The molecule has 0 aromatic rings. The first-order valence-electron chi connectivity index (χ1n) is 7.45. The Labute approximate surface area is 114 Å². The van der Waals surface area contributed by atoms with Crippen molar-refractivity contribution in [2.75, 3.05) is 0 Å². The number of amides is 1. The van der Waals surface area contributed by atoms with E-state index >= 15 is 0 Å². The molecule has 2 saturated carbocycles. The Morgan fingerprint density at radius 2 is 1.79 bits per heavy atom. The second-order valence-corrected chi connectivity index (χ2v) is 6.03. The van der Waals surface area contributed by atoms with E-state index in [-0.39, 0.29) is 11.7 Å². The third-order valence-corrected chi connectivity index (χ3v) is 4.35. The molecule has 0 atom stereocenters. The summed E-state index contributed by atoms with van der Waals surface area (Å²) in [5.41, 5.74) is 5.26. The number of hydrogen-bond acceptors (Lipinski definition) is 3. The number of carbonyl (C=O) groups is 1. The van der Waals surface area contributed by atoms with Crippen LogP contribution in [0.3, 0.4) is 0 Å². The van der Waals surface area contributed by atoms with Crippen molar-refractivity contribution in [3.8, 4) is 0 Å². The van der Waals surface area contributed by atoms with Crippen molar-refractivity contribution in [3.05, 3.63) is 0 Å². The molecule has 2 aliphatic rings. The highest BCUT2D eigenvalue weighted by molar-refractivity contribution is 5.94. The maximum Gasteiger partial charge on any atom is 0.221 e. The van der Waals surface area contributed by atoms with E-state index < -0.39 is 5.54 Å². The maximum atomic E-state index is 12.1. The smallest absolute Gasteiger partial charge is 0.221 e.